The van der Waals surface area contributed by atoms with E-state index in [0.717, 1.165) is 54.1 Å². The van der Waals surface area contributed by atoms with E-state index >= 15 is 0 Å². The quantitative estimate of drug-likeness (QED) is 0.366. The van der Waals surface area contributed by atoms with E-state index in [2.05, 4.69) is 56.6 Å². The Bertz CT molecular complexity index is 1490. The zero-order valence-electron chi connectivity index (χ0n) is 19.5. The molecule has 1 atom stereocenters. The van der Waals surface area contributed by atoms with Crippen LogP contribution in [-0.2, 0) is 6.54 Å². The standard InChI is InChI=1S/C28H24N6OS/c35-28(24-15-29-18-36-24)31-22-12-14-34(17-22)16-19-8-10-21(11-9-19)26-25(20-5-2-1-3-6-20)32-23-7-4-13-30-27(23)33-26/h1-11,13,15,18,22H,12,14,16-17H2,(H,31,35)/t22-/m1/s1. The molecule has 0 saturated carbocycles. The van der Waals surface area contributed by atoms with Crippen LogP contribution in [0, 0.1) is 0 Å². The molecule has 7 nitrogen and oxygen atoms in total. The van der Waals surface area contributed by atoms with E-state index in [1.165, 1.54) is 16.9 Å². The SMILES string of the molecule is O=C(N[C@@H]1CCN(Cc2ccc(-c3nc4ncccc4nc3-c3ccccc3)cc2)C1)c1cncs1. The van der Waals surface area contributed by atoms with Crippen molar-refractivity contribution in [1.29, 1.82) is 0 Å². The number of nitrogens with zero attached hydrogens (tertiary/aromatic N) is 5. The van der Waals surface area contributed by atoms with Crippen LogP contribution in [0.4, 0.5) is 0 Å². The first-order chi connectivity index (χ1) is 17.7. The van der Waals surface area contributed by atoms with E-state index in [4.69, 9.17) is 9.97 Å². The number of carbonyl (C=O) groups is 1. The maximum absolute atomic E-state index is 12.3. The summed E-state index contributed by atoms with van der Waals surface area (Å²) in [6.45, 7) is 2.63. The summed E-state index contributed by atoms with van der Waals surface area (Å²) in [6, 6.07) is 22.7. The molecule has 6 rings (SSSR count). The molecule has 3 aromatic heterocycles. The summed E-state index contributed by atoms with van der Waals surface area (Å²) in [5, 5.41) is 3.13. The predicted molar refractivity (Wildman–Crippen MR) is 141 cm³/mol. The van der Waals surface area contributed by atoms with Crippen molar-refractivity contribution in [3.63, 3.8) is 0 Å². The van der Waals surface area contributed by atoms with Crippen LogP contribution in [0.2, 0.25) is 0 Å². The number of fused-ring (bicyclic) bond motifs is 1. The van der Waals surface area contributed by atoms with Gasteiger partial charge >= 0.3 is 0 Å². The number of aromatic nitrogens is 4. The van der Waals surface area contributed by atoms with Gasteiger partial charge in [0.1, 0.15) is 10.4 Å². The molecule has 1 amide bonds. The van der Waals surface area contributed by atoms with Crippen LogP contribution in [0.1, 0.15) is 21.7 Å². The third-order valence-corrected chi connectivity index (χ3v) is 7.16. The fourth-order valence-corrected chi connectivity index (χ4v) is 5.12. The number of nitrogens with one attached hydrogen (secondary N) is 1. The van der Waals surface area contributed by atoms with Gasteiger partial charge in [0, 0.05) is 43.0 Å². The molecular weight excluding hydrogens is 468 g/mol. The number of likely N-dealkylation sites (tertiary alicyclic amines) is 1. The highest BCUT2D eigenvalue weighted by Gasteiger charge is 2.24. The first-order valence-electron chi connectivity index (χ1n) is 11.9. The van der Waals surface area contributed by atoms with Crippen molar-refractivity contribution in [3.8, 4) is 22.5 Å². The summed E-state index contributed by atoms with van der Waals surface area (Å²) in [7, 11) is 0. The second-order valence-electron chi connectivity index (χ2n) is 8.89. The molecule has 178 valence electrons. The number of pyridine rings is 1. The van der Waals surface area contributed by atoms with Crippen LogP contribution in [0.15, 0.2) is 84.6 Å². The van der Waals surface area contributed by atoms with Crippen molar-refractivity contribution in [3.05, 3.63) is 95.1 Å². The maximum atomic E-state index is 12.3. The molecular formula is C28H24N6OS. The molecule has 0 aliphatic carbocycles. The second-order valence-corrected chi connectivity index (χ2v) is 9.78. The monoisotopic (exact) mass is 492 g/mol. The minimum absolute atomic E-state index is 0.0334. The number of thiazole rings is 1. The Labute approximate surface area is 212 Å². The van der Waals surface area contributed by atoms with Crippen molar-refractivity contribution in [2.24, 2.45) is 0 Å². The average molecular weight is 493 g/mol. The van der Waals surface area contributed by atoms with Crippen LogP contribution >= 0.6 is 11.3 Å². The van der Waals surface area contributed by atoms with Crippen LogP contribution in [0.5, 0.6) is 0 Å². The van der Waals surface area contributed by atoms with E-state index in [1.54, 1.807) is 17.9 Å². The highest BCUT2D eigenvalue weighted by molar-refractivity contribution is 7.11. The number of amides is 1. The molecule has 2 aromatic carbocycles. The lowest BCUT2D eigenvalue weighted by Gasteiger charge is -2.17. The van der Waals surface area contributed by atoms with Gasteiger partial charge in [-0.15, -0.1) is 11.3 Å². The Morgan fingerprint density at radius 3 is 2.58 bits per heavy atom. The van der Waals surface area contributed by atoms with Gasteiger partial charge in [0.2, 0.25) is 0 Å². The molecule has 5 aromatic rings. The lowest BCUT2D eigenvalue weighted by atomic mass is 10.0. The van der Waals surface area contributed by atoms with Crippen molar-refractivity contribution in [1.82, 2.24) is 30.2 Å². The van der Waals surface area contributed by atoms with Gasteiger partial charge in [-0.25, -0.2) is 15.0 Å². The lowest BCUT2D eigenvalue weighted by molar-refractivity contribution is 0.0941. The molecule has 8 heteroatoms. The van der Waals surface area contributed by atoms with Crippen LogP contribution in [0.3, 0.4) is 0 Å². The highest BCUT2D eigenvalue weighted by atomic mass is 32.1. The maximum Gasteiger partial charge on any atom is 0.263 e. The van der Waals surface area contributed by atoms with Crippen LogP contribution in [-0.4, -0.2) is 49.9 Å². The number of carbonyl (C=O) groups excluding carboxylic acids is 1. The normalized spacial score (nSPS) is 15.8. The molecule has 0 bridgehead atoms. The van der Waals surface area contributed by atoms with Crippen molar-refractivity contribution >= 4 is 28.4 Å². The Morgan fingerprint density at radius 1 is 0.972 bits per heavy atom. The van der Waals surface area contributed by atoms with E-state index in [-0.39, 0.29) is 11.9 Å². The molecule has 36 heavy (non-hydrogen) atoms. The van der Waals surface area contributed by atoms with Gasteiger partial charge in [-0.3, -0.25) is 14.7 Å². The number of hydrogen-bond acceptors (Lipinski definition) is 7. The first-order valence-corrected chi connectivity index (χ1v) is 12.8. The topological polar surface area (TPSA) is 83.9 Å². The highest BCUT2D eigenvalue weighted by Crippen LogP contribution is 2.31. The van der Waals surface area contributed by atoms with E-state index < -0.39 is 0 Å². The second kappa shape index (κ2) is 9.93. The van der Waals surface area contributed by atoms with Gasteiger partial charge in [0.15, 0.2) is 5.65 Å². The van der Waals surface area contributed by atoms with Gasteiger partial charge in [-0.1, -0.05) is 54.6 Å². The Morgan fingerprint density at radius 2 is 1.78 bits per heavy atom. The Kier molecular flexibility index (Phi) is 6.19. The van der Waals surface area contributed by atoms with E-state index in [1.807, 2.05) is 30.3 Å². The predicted octanol–water partition coefficient (Wildman–Crippen LogP) is 4.82. The molecule has 0 spiro atoms. The number of rotatable bonds is 6. The molecule has 1 aliphatic heterocycles. The third kappa shape index (κ3) is 4.73. The van der Waals surface area contributed by atoms with Crippen molar-refractivity contribution in [2.75, 3.05) is 13.1 Å². The summed E-state index contributed by atoms with van der Waals surface area (Å²) in [6.07, 6.45) is 4.31. The first kappa shape index (κ1) is 22.5. The van der Waals surface area contributed by atoms with E-state index in [0.29, 0.717) is 10.5 Å². The van der Waals surface area contributed by atoms with Gasteiger partial charge < -0.3 is 5.32 Å². The fraction of sp³-hybridized carbons (Fsp3) is 0.179. The zero-order chi connectivity index (χ0) is 24.3. The van der Waals surface area contributed by atoms with Crippen molar-refractivity contribution in [2.45, 2.75) is 19.0 Å². The lowest BCUT2D eigenvalue weighted by Crippen LogP contribution is -2.36. The molecule has 4 heterocycles. The summed E-state index contributed by atoms with van der Waals surface area (Å²) in [5.74, 6) is -0.0334. The van der Waals surface area contributed by atoms with Gasteiger partial charge in [0.05, 0.1) is 23.1 Å². The number of benzene rings is 2. The molecule has 1 fully saturated rings. The summed E-state index contributed by atoms with van der Waals surface area (Å²) >= 11 is 1.37. The largest absolute Gasteiger partial charge is 0.347 e. The Hall–Kier alpha value is -4.01. The third-order valence-electron chi connectivity index (χ3n) is 6.38. The fourth-order valence-electron chi connectivity index (χ4n) is 4.60. The molecule has 1 N–H and O–H groups in total. The van der Waals surface area contributed by atoms with Gasteiger partial charge in [0.25, 0.3) is 5.91 Å². The average Bonchev–Trinajstić information content (AvgIpc) is 3.62. The molecule has 1 aliphatic rings. The van der Waals surface area contributed by atoms with Crippen LogP contribution in [0.25, 0.3) is 33.7 Å². The zero-order valence-corrected chi connectivity index (χ0v) is 20.4. The molecule has 0 radical (unpaired) electrons. The minimum atomic E-state index is -0.0334. The van der Waals surface area contributed by atoms with Gasteiger partial charge in [-0.2, -0.15) is 0 Å². The molecule has 1 saturated heterocycles. The van der Waals surface area contributed by atoms with E-state index in [9.17, 15) is 4.79 Å². The molecule has 0 unspecified atom stereocenters. The van der Waals surface area contributed by atoms with Gasteiger partial charge in [-0.05, 0) is 24.1 Å². The summed E-state index contributed by atoms with van der Waals surface area (Å²) in [4.78, 5) is 33.6. The minimum Gasteiger partial charge on any atom is -0.347 e. The summed E-state index contributed by atoms with van der Waals surface area (Å²) in [5.41, 5.74) is 8.03. The van der Waals surface area contributed by atoms with Crippen molar-refractivity contribution < 1.29 is 4.79 Å². The number of hydrogen-bond donors (Lipinski definition) is 1. The van der Waals surface area contributed by atoms with Crippen LogP contribution < -0.4 is 5.32 Å². The smallest absolute Gasteiger partial charge is 0.263 e. The summed E-state index contributed by atoms with van der Waals surface area (Å²) < 4.78 is 0. The Balaban J connectivity index is 1.19.